The van der Waals surface area contributed by atoms with Crippen LogP contribution in [-0.2, 0) is 4.79 Å². The molecule has 0 atom stereocenters. The number of benzene rings is 1. The number of non-ortho nitro benzene ring substituents is 1. The van der Waals surface area contributed by atoms with E-state index in [0.717, 1.165) is 12.1 Å². The van der Waals surface area contributed by atoms with E-state index in [4.69, 9.17) is 9.84 Å². The molecule has 0 saturated heterocycles. The molecule has 8 heteroatoms. The van der Waals surface area contributed by atoms with Crippen LogP contribution in [0.2, 0.25) is 0 Å². The van der Waals surface area contributed by atoms with Gasteiger partial charge in [0.05, 0.1) is 18.0 Å². The molecule has 1 aromatic carbocycles. The fourth-order valence-corrected chi connectivity index (χ4v) is 1.57. The van der Waals surface area contributed by atoms with Crippen molar-refractivity contribution in [2.75, 3.05) is 6.61 Å². The molecule has 8 nitrogen and oxygen atoms in total. The van der Waals surface area contributed by atoms with Crippen molar-refractivity contribution < 1.29 is 24.4 Å². The second-order valence-corrected chi connectivity index (χ2v) is 4.56. The summed E-state index contributed by atoms with van der Waals surface area (Å²) >= 11 is 0. The molecule has 1 rings (SSSR count). The molecule has 0 aliphatic carbocycles. The first-order chi connectivity index (χ1) is 9.81. The topological polar surface area (TPSA) is 119 Å². The van der Waals surface area contributed by atoms with Crippen LogP contribution in [0.1, 0.15) is 30.6 Å². The molecule has 114 valence electrons. The van der Waals surface area contributed by atoms with Crippen molar-refractivity contribution >= 4 is 17.6 Å². The summed E-state index contributed by atoms with van der Waals surface area (Å²) in [5.74, 6) is -1.56. The van der Waals surface area contributed by atoms with Crippen LogP contribution in [0, 0.1) is 10.1 Å². The minimum absolute atomic E-state index is 0.00598. The number of carboxylic acids is 1. The number of nitrogens with zero attached hydrogens (tertiary/aromatic N) is 1. The fourth-order valence-electron chi connectivity index (χ4n) is 1.57. The van der Waals surface area contributed by atoms with Gasteiger partial charge in [0.25, 0.3) is 5.69 Å². The van der Waals surface area contributed by atoms with E-state index in [9.17, 15) is 19.7 Å². The summed E-state index contributed by atoms with van der Waals surface area (Å²) in [6, 6.07) is 3.29. The lowest BCUT2D eigenvalue weighted by atomic mass is 10.2. The normalized spacial score (nSPS) is 10.2. The second kappa shape index (κ2) is 7.22. The van der Waals surface area contributed by atoms with E-state index >= 15 is 0 Å². The number of amides is 1. The van der Waals surface area contributed by atoms with E-state index in [0.29, 0.717) is 0 Å². The number of hydrogen-bond acceptors (Lipinski definition) is 5. The zero-order chi connectivity index (χ0) is 16.0. The minimum atomic E-state index is -1.33. The molecule has 0 spiro atoms. The van der Waals surface area contributed by atoms with Crippen molar-refractivity contribution in [1.82, 2.24) is 5.32 Å². The van der Waals surface area contributed by atoms with E-state index in [1.165, 1.54) is 6.07 Å². The first-order valence-corrected chi connectivity index (χ1v) is 6.25. The average molecular weight is 296 g/mol. The lowest BCUT2D eigenvalue weighted by molar-refractivity contribution is -0.384. The molecule has 0 saturated carbocycles. The Bertz CT molecular complexity index is 556. The Balaban J connectivity index is 2.73. The Morgan fingerprint density at radius 3 is 2.62 bits per heavy atom. The third-order valence-electron chi connectivity index (χ3n) is 2.44. The van der Waals surface area contributed by atoms with Gasteiger partial charge >= 0.3 is 5.97 Å². The van der Waals surface area contributed by atoms with Crippen LogP contribution in [0.4, 0.5) is 5.69 Å². The highest BCUT2D eigenvalue weighted by Gasteiger charge is 2.17. The van der Waals surface area contributed by atoms with Gasteiger partial charge in [0.15, 0.2) is 0 Å². The van der Waals surface area contributed by atoms with Gasteiger partial charge in [-0.15, -0.1) is 0 Å². The predicted octanol–water partition coefficient (Wildman–Crippen LogP) is 1.59. The number of carboxylic acid groups (broad SMARTS) is 1. The van der Waals surface area contributed by atoms with Gasteiger partial charge in [-0.2, -0.15) is 0 Å². The summed E-state index contributed by atoms with van der Waals surface area (Å²) in [6.07, 6.45) is 0.0637. The summed E-state index contributed by atoms with van der Waals surface area (Å²) in [5, 5.41) is 22.3. The number of aromatic carboxylic acids is 1. The first-order valence-electron chi connectivity index (χ1n) is 6.25. The number of nitrogens with one attached hydrogen (secondary N) is 1. The van der Waals surface area contributed by atoms with Gasteiger partial charge in [-0.25, -0.2) is 4.79 Å². The van der Waals surface area contributed by atoms with Crippen molar-refractivity contribution in [2.45, 2.75) is 26.3 Å². The van der Waals surface area contributed by atoms with Crippen molar-refractivity contribution in [1.29, 1.82) is 0 Å². The fraction of sp³-hybridized carbons (Fsp3) is 0.385. The third-order valence-corrected chi connectivity index (χ3v) is 2.44. The highest BCUT2D eigenvalue weighted by molar-refractivity contribution is 5.91. The van der Waals surface area contributed by atoms with Crippen LogP contribution >= 0.6 is 0 Å². The molecule has 1 amide bonds. The van der Waals surface area contributed by atoms with Gasteiger partial charge in [0, 0.05) is 18.2 Å². The number of nitro benzene ring substituents is 1. The molecule has 21 heavy (non-hydrogen) atoms. The highest BCUT2D eigenvalue weighted by Crippen LogP contribution is 2.24. The smallest absolute Gasteiger partial charge is 0.339 e. The molecule has 0 aromatic heterocycles. The maximum atomic E-state index is 11.4. The van der Waals surface area contributed by atoms with E-state index in [1.807, 2.05) is 13.8 Å². The van der Waals surface area contributed by atoms with Gasteiger partial charge in [-0.1, -0.05) is 0 Å². The van der Waals surface area contributed by atoms with E-state index in [-0.39, 0.29) is 42.0 Å². The van der Waals surface area contributed by atoms with Gasteiger partial charge in [-0.05, 0) is 19.9 Å². The molecule has 0 aliphatic rings. The van der Waals surface area contributed by atoms with Gasteiger partial charge in [0.1, 0.15) is 11.3 Å². The van der Waals surface area contributed by atoms with Crippen molar-refractivity contribution in [3.05, 3.63) is 33.9 Å². The van der Waals surface area contributed by atoms with Crippen molar-refractivity contribution in [3.63, 3.8) is 0 Å². The first kappa shape index (κ1) is 16.4. The molecule has 0 radical (unpaired) electrons. The summed E-state index contributed by atoms with van der Waals surface area (Å²) in [6.45, 7) is 3.62. The lowest BCUT2D eigenvalue weighted by Crippen LogP contribution is -2.31. The van der Waals surface area contributed by atoms with Crippen molar-refractivity contribution in [2.24, 2.45) is 0 Å². The Labute approximate surface area is 120 Å². The Kier molecular flexibility index (Phi) is 5.65. The molecular weight excluding hydrogens is 280 g/mol. The van der Waals surface area contributed by atoms with Crippen molar-refractivity contribution in [3.8, 4) is 5.75 Å². The molecule has 2 N–H and O–H groups in total. The zero-order valence-electron chi connectivity index (χ0n) is 11.7. The zero-order valence-corrected chi connectivity index (χ0v) is 11.7. The quantitative estimate of drug-likeness (QED) is 0.582. The van der Waals surface area contributed by atoms with E-state index in [1.54, 1.807) is 0 Å². The Morgan fingerprint density at radius 1 is 1.43 bits per heavy atom. The van der Waals surface area contributed by atoms with E-state index in [2.05, 4.69) is 5.32 Å². The van der Waals surface area contributed by atoms with Crippen LogP contribution in [0.3, 0.4) is 0 Å². The molecular formula is C13H16N2O6. The number of carbonyl (C=O) groups is 2. The van der Waals surface area contributed by atoms with Gasteiger partial charge in [-0.3, -0.25) is 14.9 Å². The second-order valence-electron chi connectivity index (χ2n) is 4.56. The monoisotopic (exact) mass is 296 g/mol. The number of carbonyl (C=O) groups excluding carboxylic acids is 1. The minimum Gasteiger partial charge on any atom is -0.492 e. The summed E-state index contributed by atoms with van der Waals surface area (Å²) < 4.78 is 5.22. The lowest BCUT2D eigenvalue weighted by Gasteiger charge is -2.10. The third kappa shape index (κ3) is 5.09. The standard InChI is InChI=1S/C13H16N2O6/c1-8(2)14-12(16)5-6-21-11-4-3-9(15(19)20)7-10(11)13(17)18/h3-4,7-8H,5-6H2,1-2H3,(H,14,16)(H,17,18). The summed E-state index contributed by atoms with van der Waals surface area (Å²) in [4.78, 5) is 32.4. The summed E-state index contributed by atoms with van der Waals surface area (Å²) in [5.41, 5.74) is -0.647. The predicted molar refractivity (Wildman–Crippen MR) is 73.4 cm³/mol. The molecule has 0 fully saturated rings. The van der Waals surface area contributed by atoms with Crippen LogP contribution in [0.5, 0.6) is 5.75 Å². The number of rotatable bonds is 7. The molecule has 0 bridgehead atoms. The van der Waals surface area contributed by atoms with Crippen LogP contribution in [0.25, 0.3) is 0 Å². The number of ether oxygens (including phenoxy) is 1. The summed E-state index contributed by atoms with van der Waals surface area (Å²) in [7, 11) is 0. The maximum absolute atomic E-state index is 11.4. The van der Waals surface area contributed by atoms with Gasteiger partial charge < -0.3 is 15.2 Å². The van der Waals surface area contributed by atoms with Crippen LogP contribution in [0.15, 0.2) is 18.2 Å². The highest BCUT2D eigenvalue weighted by atomic mass is 16.6. The van der Waals surface area contributed by atoms with E-state index < -0.39 is 10.9 Å². The average Bonchev–Trinajstić information content (AvgIpc) is 2.37. The largest absolute Gasteiger partial charge is 0.492 e. The molecule has 1 aromatic rings. The molecule has 0 aliphatic heterocycles. The molecule has 0 unspecified atom stereocenters. The number of hydrogen-bond donors (Lipinski definition) is 2. The Morgan fingerprint density at radius 2 is 2.10 bits per heavy atom. The molecule has 0 heterocycles. The van der Waals surface area contributed by atoms with Gasteiger partial charge in [0.2, 0.25) is 5.91 Å². The SMILES string of the molecule is CC(C)NC(=O)CCOc1ccc([N+](=O)[O-])cc1C(=O)O. The van der Waals surface area contributed by atoms with Crippen LogP contribution in [-0.4, -0.2) is 34.6 Å². The maximum Gasteiger partial charge on any atom is 0.339 e. The van der Waals surface area contributed by atoms with Crippen LogP contribution < -0.4 is 10.1 Å². The Hall–Kier alpha value is -2.64. The number of nitro groups is 1.